The molecule has 0 aromatic heterocycles. The summed E-state index contributed by atoms with van der Waals surface area (Å²) in [5.41, 5.74) is 4.33. The zero-order valence-electron chi connectivity index (χ0n) is 21.5. The van der Waals surface area contributed by atoms with Crippen LogP contribution in [0, 0.1) is 40.4 Å². The van der Waals surface area contributed by atoms with Crippen molar-refractivity contribution in [1.82, 2.24) is 0 Å². The molecule has 0 amide bonds. The van der Waals surface area contributed by atoms with Gasteiger partial charge >= 0.3 is 0 Å². The summed E-state index contributed by atoms with van der Waals surface area (Å²) < 4.78 is 0. The maximum absolute atomic E-state index is 4.38. The number of unbranched alkanes of at least 4 members (excludes halogenated alkanes) is 7. The molecule has 0 saturated heterocycles. The minimum absolute atomic E-state index is 0.481. The fourth-order valence-electron chi connectivity index (χ4n) is 8.89. The van der Waals surface area contributed by atoms with Crippen molar-refractivity contribution in [2.45, 2.75) is 130 Å². The highest BCUT2D eigenvalue weighted by Crippen LogP contribution is 2.68. The molecule has 7 atom stereocenters. The fourth-order valence-corrected chi connectivity index (χ4v) is 8.89. The normalized spacial score (nSPS) is 42.0. The van der Waals surface area contributed by atoms with Gasteiger partial charge < -0.3 is 0 Å². The molecular formula is C31H52. The van der Waals surface area contributed by atoms with E-state index in [9.17, 15) is 0 Å². The maximum Gasteiger partial charge on any atom is -0.00788 e. The second kappa shape index (κ2) is 9.77. The van der Waals surface area contributed by atoms with Crippen LogP contribution in [0.2, 0.25) is 0 Å². The monoisotopic (exact) mass is 424 g/mol. The van der Waals surface area contributed by atoms with Gasteiger partial charge in [0.2, 0.25) is 0 Å². The highest BCUT2D eigenvalue weighted by Gasteiger charge is 2.60. The lowest BCUT2D eigenvalue weighted by molar-refractivity contribution is -0.0775. The lowest BCUT2D eigenvalue weighted by Gasteiger charge is -2.61. The Hall–Kier alpha value is -0.520. The van der Waals surface area contributed by atoms with Gasteiger partial charge in [0.15, 0.2) is 0 Å². The Morgan fingerprint density at radius 3 is 2.35 bits per heavy atom. The van der Waals surface area contributed by atoms with E-state index in [-0.39, 0.29) is 0 Å². The average Bonchev–Trinajstić information content (AvgIpc) is 3.05. The van der Waals surface area contributed by atoms with Gasteiger partial charge in [0, 0.05) is 0 Å². The molecule has 176 valence electrons. The van der Waals surface area contributed by atoms with Gasteiger partial charge in [0.25, 0.3) is 0 Å². The number of hydrogen-bond acceptors (Lipinski definition) is 0. The second-order valence-corrected chi connectivity index (χ2v) is 12.8. The molecule has 0 heterocycles. The van der Waals surface area contributed by atoms with Crippen molar-refractivity contribution < 1.29 is 0 Å². The van der Waals surface area contributed by atoms with Crippen LogP contribution < -0.4 is 0 Å². The molecule has 0 radical (unpaired) electrons. The zero-order chi connectivity index (χ0) is 22.1. The SMILES string of the molecule is C=C1C=C2C[C@@H](CCCCCCCCCC)C3C(CC[C@@]4(C)C3CC[C@@H]4C)[C@@]2(C)CC1. The number of fused-ring (bicyclic) bond motifs is 5. The summed E-state index contributed by atoms with van der Waals surface area (Å²) in [6.07, 6.45) is 25.7. The predicted molar refractivity (Wildman–Crippen MR) is 136 cm³/mol. The quantitative estimate of drug-likeness (QED) is 0.323. The van der Waals surface area contributed by atoms with Crippen molar-refractivity contribution in [2.24, 2.45) is 40.4 Å². The van der Waals surface area contributed by atoms with Gasteiger partial charge in [-0.05, 0) is 91.8 Å². The molecule has 0 nitrogen and oxygen atoms in total. The van der Waals surface area contributed by atoms with E-state index in [0.717, 1.165) is 29.6 Å². The summed E-state index contributed by atoms with van der Waals surface area (Å²) in [7, 11) is 0. The highest BCUT2D eigenvalue weighted by molar-refractivity contribution is 5.34. The summed E-state index contributed by atoms with van der Waals surface area (Å²) in [5, 5.41) is 0. The van der Waals surface area contributed by atoms with Crippen LogP contribution in [0.4, 0.5) is 0 Å². The molecule has 0 heteroatoms. The van der Waals surface area contributed by atoms with Crippen LogP contribution in [0.15, 0.2) is 23.8 Å². The molecule has 31 heavy (non-hydrogen) atoms. The van der Waals surface area contributed by atoms with Crippen molar-refractivity contribution >= 4 is 0 Å². The standard InChI is InChI=1S/C31H52/c1-6-7-8-9-10-11-12-13-14-25-22-26-21-23(2)17-19-31(26,5)28-18-20-30(4)24(3)15-16-27(30)29(25)28/h21,24-25,27-29H,2,6-20,22H2,1,3-5H3/t24-,25+,27?,28?,29?,30+,31-/m0/s1. The van der Waals surface area contributed by atoms with Crippen molar-refractivity contribution in [3.05, 3.63) is 23.8 Å². The molecule has 0 aliphatic heterocycles. The Kier molecular flexibility index (Phi) is 7.45. The first-order chi connectivity index (χ1) is 14.9. The molecule has 4 aliphatic rings. The molecule has 4 aliphatic carbocycles. The van der Waals surface area contributed by atoms with E-state index in [1.54, 1.807) is 0 Å². The third-order valence-electron chi connectivity index (χ3n) is 11.2. The van der Waals surface area contributed by atoms with Crippen LogP contribution in [-0.2, 0) is 0 Å². The van der Waals surface area contributed by atoms with Crippen molar-refractivity contribution in [3.63, 3.8) is 0 Å². The lowest BCUT2D eigenvalue weighted by Crippen LogP contribution is -2.53. The maximum atomic E-state index is 4.38. The second-order valence-electron chi connectivity index (χ2n) is 12.8. The van der Waals surface area contributed by atoms with Crippen LogP contribution in [0.25, 0.3) is 0 Å². The van der Waals surface area contributed by atoms with Gasteiger partial charge in [-0.3, -0.25) is 0 Å². The first-order valence-corrected chi connectivity index (χ1v) is 14.3. The smallest absolute Gasteiger partial charge is 0.00788 e. The van der Waals surface area contributed by atoms with Crippen LogP contribution in [0.1, 0.15) is 130 Å². The van der Waals surface area contributed by atoms with E-state index in [1.165, 1.54) is 108 Å². The van der Waals surface area contributed by atoms with E-state index in [4.69, 9.17) is 0 Å². The first kappa shape index (κ1) is 23.6. The summed E-state index contributed by atoms with van der Waals surface area (Å²) in [6, 6.07) is 0. The molecule has 4 rings (SSSR count). The van der Waals surface area contributed by atoms with Crippen molar-refractivity contribution in [2.75, 3.05) is 0 Å². The van der Waals surface area contributed by atoms with Gasteiger partial charge in [0.1, 0.15) is 0 Å². The Morgan fingerprint density at radius 1 is 0.903 bits per heavy atom. The molecule has 3 saturated carbocycles. The van der Waals surface area contributed by atoms with Gasteiger partial charge in [-0.2, -0.15) is 0 Å². The molecule has 0 aromatic rings. The molecule has 0 spiro atoms. The van der Waals surface area contributed by atoms with Gasteiger partial charge in [0.05, 0.1) is 0 Å². The third-order valence-corrected chi connectivity index (χ3v) is 11.2. The van der Waals surface area contributed by atoms with Crippen molar-refractivity contribution in [3.8, 4) is 0 Å². The lowest BCUT2D eigenvalue weighted by atomic mass is 9.44. The molecular weight excluding hydrogens is 372 g/mol. The number of rotatable bonds is 9. The van der Waals surface area contributed by atoms with E-state index >= 15 is 0 Å². The Labute approximate surface area is 194 Å². The summed E-state index contributed by atoms with van der Waals surface area (Å²) in [5.74, 6) is 4.84. The Balaban J connectivity index is 1.45. The predicted octanol–water partition coefficient (Wildman–Crippen LogP) is 9.90. The van der Waals surface area contributed by atoms with E-state index in [2.05, 4.69) is 40.3 Å². The summed E-state index contributed by atoms with van der Waals surface area (Å²) in [6.45, 7) is 14.6. The summed E-state index contributed by atoms with van der Waals surface area (Å²) >= 11 is 0. The van der Waals surface area contributed by atoms with E-state index in [0.29, 0.717) is 10.8 Å². The minimum Gasteiger partial charge on any atom is -0.0958 e. The van der Waals surface area contributed by atoms with Crippen LogP contribution >= 0.6 is 0 Å². The molecule has 3 unspecified atom stereocenters. The minimum atomic E-state index is 0.481. The third kappa shape index (κ3) is 4.48. The van der Waals surface area contributed by atoms with Gasteiger partial charge in [-0.1, -0.05) is 103 Å². The van der Waals surface area contributed by atoms with Crippen LogP contribution in [0.5, 0.6) is 0 Å². The highest BCUT2D eigenvalue weighted by atomic mass is 14.6. The topological polar surface area (TPSA) is 0 Å². The Bertz CT molecular complexity index is 655. The van der Waals surface area contributed by atoms with E-state index < -0.39 is 0 Å². The fraction of sp³-hybridized carbons (Fsp3) is 0.871. The zero-order valence-corrected chi connectivity index (χ0v) is 21.5. The molecule has 0 N–H and O–H groups in total. The molecule has 0 aromatic carbocycles. The van der Waals surface area contributed by atoms with Crippen molar-refractivity contribution in [1.29, 1.82) is 0 Å². The molecule has 3 fully saturated rings. The number of allylic oxidation sites excluding steroid dienone is 3. The van der Waals surface area contributed by atoms with Crippen LogP contribution in [0.3, 0.4) is 0 Å². The van der Waals surface area contributed by atoms with Gasteiger partial charge in [-0.15, -0.1) is 0 Å². The largest absolute Gasteiger partial charge is 0.0958 e. The van der Waals surface area contributed by atoms with E-state index in [1.807, 2.05) is 5.57 Å². The first-order valence-electron chi connectivity index (χ1n) is 14.3. The summed E-state index contributed by atoms with van der Waals surface area (Å²) in [4.78, 5) is 0. The Morgan fingerprint density at radius 2 is 1.61 bits per heavy atom. The number of hydrogen-bond donors (Lipinski definition) is 0. The van der Waals surface area contributed by atoms with Gasteiger partial charge in [-0.25, -0.2) is 0 Å². The average molecular weight is 425 g/mol. The molecule has 0 bridgehead atoms. The van der Waals surface area contributed by atoms with Crippen LogP contribution in [-0.4, -0.2) is 0 Å².